The Balaban J connectivity index is 0.00000107. The van der Waals surface area contributed by atoms with Crippen molar-refractivity contribution < 1.29 is 18.3 Å². The fourth-order valence-electron chi connectivity index (χ4n) is 4.36. The molecule has 2 aromatic carbocycles. The number of nitrogens with one attached hydrogen (secondary N) is 2. The zero-order chi connectivity index (χ0) is 27.0. The highest BCUT2D eigenvalue weighted by molar-refractivity contribution is 7.89. The molecule has 0 aliphatic carbocycles. The van der Waals surface area contributed by atoms with Crippen LogP contribution in [0.1, 0.15) is 18.4 Å². The molecule has 0 bridgehead atoms. The minimum atomic E-state index is -3.67. The fourth-order valence-corrected chi connectivity index (χ4v) is 5.42. The molecule has 2 aromatic heterocycles. The summed E-state index contributed by atoms with van der Waals surface area (Å²) in [5.74, 6) is 0. The first-order valence-corrected chi connectivity index (χ1v) is 13.8. The number of sulfonamides is 1. The van der Waals surface area contributed by atoms with Crippen LogP contribution in [-0.2, 0) is 21.4 Å². The lowest BCUT2D eigenvalue weighted by Gasteiger charge is -2.30. The highest BCUT2D eigenvalue weighted by Crippen LogP contribution is 2.27. The Hall–Kier alpha value is -3.86. The molecule has 4 aromatic rings. The highest BCUT2D eigenvalue weighted by Gasteiger charge is 2.18. The zero-order valence-corrected chi connectivity index (χ0v) is 21.9. The summed E-state index contributed by atoms with van der Waals surface area (Å²) in [6.45, 7) is 2.12. The van der Waals surface area contributed by atoms with Crippen LogP contribution >= 0.6 is 0 Å². The molecule has 5 rings (SSSR count). The van der Waals surface area contributed by atoms with Crippen LogP contribution in [0.25, 0.3) is 22.3 Å². The zero-order valence-electron chi connectivity index (χ0n) is 21.1. The summed E-state index contributed by atoms with van der Waals surface area (Å²) in [6.07, 6.45) is 3.96. The van der Waals surface area contributed by atoms with Gasteiger partial charge in [0, 0.05) is 24.3 Å². The minimum Gasteiger partial charge on any atom is -0.483 e. The van der Waals surface area contributed by atoms with Crippen molar-refractivity contribution in [3.05, 3.63) is 84.6 Å². The minimum absolute atomic E-state index is 0.212. The maximum atomic E-state index is 12.9. The van der Waals surface area contributed by atoms with Crippen LogP contribution in [0, 0.1) is 0 Å². The van der Waals surface area contributed by atoms with Crippen LogP contribution in [0.5, 0.6) is 0 Å². The lowest BCUT2D eigenvalue weighted by Crippen LogP contribution is -2.36. The molecule has 0 unspecified atom stereocenters. The molecule has 10 heteroatoms. The van der Waals surface area contributed by atoms with Gasteiger partial charge in [0.05, 0.1) is 21.8 Å². The van der Waals surface area contributed by atoms with Gasteiger partial charge in [-0.15, -0.1) is 0 Å². The standard InChI is InChI=1S/C27H29N5O2S.CH2O2/c1-32-16-13-22(14-17-32)30-26-12-15-28-25-11-10-24(31-27(25)26)21-8-5-9-23(18-21)35(33,34)29-19-20-6-3-2-4-7-20;2-1-3/h2-12,15,18,22,29H,13-14,16-17,19H2,1H3,(H,28,30);1H,(H,2,3). The van der Waals surface area contributed by atoms with Gasteiger partial charge in [-0.1, -0.05) is 42.5 Å². The van der Waals surface area contributed by atoms with Crippen molar-refractivity contribution in [2.24, 2.45) is 0 Å². The molecule has 9 nitrogen and oxygen atoms in total. The first-order valence-electron chi connectivity index (χ1n) is 12.3. The highest BCUT2D eigenvalue weighted by atomic mass is 32.2. The van der Waals surface area contributed by atoms with Crippen LogP contribution in [0.3, 0.4) is 0 Å². The molecule has 38 heavy (non-hydrogen) atoms. The first kappa shape index (κ1) is 27.2. The summed E-state index contributed by atoms with van der Waals surface area (Å²) in [7, 11) is -1.52. The second-order valence-corrected chi connectivity index (χ2v) is 10.9. The number of piperidine rings is 1. The molecule has 3 N–H and O–H groups in total. The maximum Gasteiger partial charge on any atom is 0.290 e. The second-order valence-electron chi connectivity index (χ2n) is 9.09. The number of carbonyl (C=O) groups is 1. The van der Waals surface area contributed by atoms with Gasteiger partial charge in [-0.25, -0.2) is 18.1 Å². The molecule has 198 valence electrons. The van der Waals surface area contributed by atoms with Crippen LogP contribution in [0.15, 0.2) is 83.9 Å². The normalized spacial score (nSPS) is 14.4. The smallest absolute Gasteiger partial charge is 0.290 e. The summed E-state index contributed by atoms with van der Waals surface area (Å²) < 4.78 is 28.6. The number of fused-ring (bicyclic) bond motifs is 1. The number of rotatable bonds is 7. The van der Waals surface area contributed by atoms with E-state index in [9.17, 15) is 8.42 Å². The van der Waals surface area contributed by atoms with E-state index in [4.69, 9.17) is 14.9 Å². The third-order valence-electron chi connectivity index (χ3n) is 6.41. The molecule has 1 aliphatic heterocycles. The number of benzene rings is 2. The van der Waals surface area contributed by atoms with Gasteiger partial charge in [0.25, 0.3) is 6.47 Å². The van der Waals surface area contributed by atoms with Gasteiger partial charge in [-0.3, -0.25) is 9.78 Å². The summed E-state index contributed by atoms with van der Waals surface area (Å²) in [6, 6.07) is 22.6. The Kier molecular flexibility index (Phi) is 9.01. The van der Waals surface area contributed by atoms with Crippen molar-refractivity contribution >= 4 is 33.2 Å². The van der Waals surface area contributed by atoms with Gasteiger partial charge in [0.15, 0.2) is 0 Å². The number of likely N-dealkylation sites (tertiary alicyclic amines) is 1. The summed E-state index contributed by atoms with van der Waals surface area (Å²) in [5.41, 5.74) is 4.90. The molecule has 3 heterocycles. The van der Waals surface area contributed by atoms with Crippen LogP contribution < -0.4 is 10.0 Å². The van der Waals surface area contributed by atoms with Crippen LogP contribution in [0.4, 0.5) is 5.69 Å². The van der Waals surface area contributed by atoms with Crippen molar-refractivity contribution in [1.29, 1.82) is 0 Å². The maximum absolute atomic E-state index is 12.9. The van der Waals surface area contributed by atoms with E-state index in [0.29, 0.717) is 11.7 Å². The molecule has 0 spiro atoms. The van der Waals surface area contributed by atoms with Crippen LogP contribution in [0.2, 0.25) is 0 Å². The van der Waals surface area contributed by atoms with E-state index < -0.39 is 10.0 Å². The number of carboxylic acid groups (broad SMARTS) is 1. The van der Waals surface area contributed by atoms with E-state index in [1.807, 2.05) is 54.6 Å². The van der Waals surface area contributed by atoms with E-state index in [-0.39, 0.29) is 17.9 Å². The molecule has 1 saturated heterocycles. The van der Waals surface area contributed by atoms with Crippen LogP contribution in [-0.4, -0.2) is 61.0 Å². The lowest BCUT2D eigenvalue weighted by molar-refractivity contribution is -0.122. The molecule has 0 atom stereocenters. The molecule has 1 aliphatic rings. The van der Waals surface area contributed by atoms with Gasteiger partial charge in [-0.05, 0) is 68.9 Å². The molecule has 0 saturated carbocycles. The Bertz CT molecular complexity index is 1470. The average molecular weight is 534 g/mol. The average Bonchev–Trinajstić information content (AvgIpc) is 2.94. The monoisotopic (exact) mass is 533 g/mol. The topological polar surface area (TPSA) is 125 Å². The summed E-state index contributed by atoms with van der Waals surface area (Å²) >= 11 is 0. The van der Waals surface area contributed by atoms with Gasteiger partial charge in [0.1, 0.15) is 5.52 Å². The fraction of sp³-hybridized carbons (Fsp3) is 0.250. The van der Waals surface area contributed by atoms with E-state index in [2.05, 4.69) is 27.0 Å². The van der Waals surface area contributed by atoms with E-state index in [1.165, 1.54) is 0 Å². The van der Waals surface area contributed by atoms with Gasteiger partial charge in [-0.2, -0.15) is 0 Å². The van der Waals surface area contributed by atoms with Crippen molar-refractivity contribution in [3.63, 3.8) is 0 Å². The molecule has 1 fully saturated rings. The number of hydrogen-bond acceptors (Lipinski definition) is 7. The third-order valence-corrected chi connectivity index (χ3v) is 7.81. The summed E-state index contributed by atoms with van der Waals surface area (Å²) in [4.78, 5) is 20.3. The summed E-state index contributed by atoms with van der Waals surface area (Å²) in [5, 5.41) is 10.5. The lowest BCUT2D eigenvalue weighted by atomic mass is 10.0. The number of hydrogen-bond donors (Lipinski definition) is 3. The Morgan fingerprint density at radius 2 is 1.76 bits per heavy atom. The number of aromatic nitrogens is 2. The Morgan fingerprint density at radius 3 is 2.50 bits per heavy atom. The Labute approximate surface area is 222 Å². The third kappa shape index (κ3) is 6.91. The van der Waals surface area contributed by atoms with Crippen molar-refractivity contribution in [2.75, 3.05) is 25.5 Å². The number of pyridine rings is 2. The number of nitrogens with zero attached hydrogens (tertiary/aromatic N) is 3. The molecule has 0 amide bonds. The van der Waals surface area contributed by atoms with Gasteiger partial charge >= 0.3 is 0 Å². The Morgan fingerprint density at radius 1 is 1.03 bits per heavy atom. The quantitative estimate of drug-likeness (QED) is 0.305. The number of anilines is 1. The van der Waals surface area contributed by atoms with E-state index >= 15 is 0 Å². The first-order chi connectivity index (χ1) is 18.4. The van der Waals surface area contributed by atoms with Crippen molar-refractivity contribution in [1.82, 2.24) is 19.6 Å². The van der Waals surface area contributed by atoms with Crippen molar-refractivity contribution in [2.45, 2.75) is 30.3 Å². The van der Waals surface area contributed by atoms with Crippen molar-refractivity contribution in [3.8, 4) is 11.3 Å². The second kappa shape index (κ2) is 12.6. The molecular formula is C28H31N5O4S. The van der Waals surface area contributed by atoms with Gasteiger partial charge in [0.2, 0.25) is 10.0 Å². The molecular weight excluding hydrogens is 502 g/mol. The SMILES string of the molecule is CN1CCC(Nc2ccnc3ccc(-c4cccc(S(=O)(=O)NCc5ccccc5)c4)nc23)CC1.O=CO. The molecule has 0 radical (unpaired) electrons. The largest absolute Gasteiger partial charge is 0.483 e. The predicted octanol–water partition coefficient (Wildman–Crippen LogP) is 3.98. The van der Waals surface area contributed by atoms with E-state index in [0.717, 1.165) is 53.8 Å². The predicted molar refractivity (Wildman–Crippen MR) is 148 cm³/mol. The van der Waals surface area contributed by atoms with E-state index in [1.54, 1.807) is 24.4 Å². The van der Waals surface area contributed by atoms with Gasteiger partial charge < -0.3 is 15.3 Å².